The van der Waals surface area contributed by atoms with Gasteiger partial charge >= 0.3 is 5.69 Å². The molecular weight excluding hydrogens is 424 g/mol. The highest BCUT2D eigenvalue weighted by Gasteiger charge is 2.33. The Balaban J connectivity index is 0.000000179. The van der Waals surface area contributed by atoms with Crippen molar-refractivity contribution < 1.29 is 9.66 Å². The van der Waals surface area contributed by atoms with Gasteiger partial charge in [-0.3, -0.25) is 10.1 Å². The fraction of sp³-hybridized carbons (Fsp3) is 0.379. The molecule has 3 aliphatic rings. The van der Waals surface area contributed by atoms with E-state index < -0.39 is 4.92 Å². The van der Waals surface area contributed by atoms with Crippen LogP contribution in [-0.4, -0.2) is 29.5 Å². The maximum Gasteiger partial charge on any atom is 0.310 e. The highest BCUT2D eigenvalue weighted by atomic mass is 16.6. The summed E-state index contributed by atoms with van der Waals surface area (Å²) in [5, 5.41) is 10.8. The Bertz CT molecular complexity index is 987. The Labute approximate surface area is 203 Å². The summed E-state index contributed by atoms with van der Waals surface area (Å²) in [6, 6.07) is 26.9. The van der Waals surface area contributed by atoms with Crippen LogP contribution in [0.15, 0.2) is 84.9 Å². The van der Waals surface area contributed by atoms with Crippen LogP contribution in [0.1, 0.15) is 37.8 Å². The third-order valence-electron chi connectivity index (χ3n) is 6.43. The Morgan fingerprint density at radius 2 is 1.41 bits per heavy atom. The lowest BCUT2D eigenvalue weighted by Gasteiger charge is -2.45. The first kappa shape index (κ1) is 25.4. The molecule has 180 valence electrons. The fourth-order valence-corrected chi connectivity index (χ4v) is 4.70. The van der Waals surface area contributed by atoms with E-state index in [-0.39, 0.29) is 5.69 Å². The smallest absolute Gasteiger partial charge is 0.310 e. The highest BCUT2D eigenvalue weighted by molar-refractivity contribution is 5.45. The van der Waals surface area contributed by atoms with E-state index in [9.17, 15) is 10.1 Å². The van der Waals surface area contributed by atoms with Crippen LogP contribution in [0.3, 0.4) is 0 Å². The Morgan fingerprint density at radius 1 is 0.853 bits per heavy atom. The van der Waals surface area contributed by atoms with E-state index in [1.807, 2.05) is 44.2 Å². The molecule has 0 unspecified atom stereocenters. The Kier molecular flexibility index (Phi) is 10.1. The van der Waals surface area contributed by atoms with Gasteiger partial charge in [0.05, 0.1) is 4.92 Å². The molecule has 2 bridgehead atoms. The molecule has 3 saturated heterocycles. The van der Waals surface area contributed by atoms with Gasteiger partial charge in [-0.2, -0.15) is 0 Å². The number of piperidine rings is 3. The van der Waals surface area contributed by atoms with Crippen molar-refractivity contribution in [3.63, 3.8) is 0 Å². The summed E-state index contributed by atoms with van der Waals surface area (Å²) in [7, 11) is 0. The lowest BCUT2D eigenvalue weighted by molar-refractivity contribution is -0.385. The SMILES string of the molecule is CC.O=[N+]([O-])c1ccccc1OCc1ccccc1.c1ccc(C[C@H]2CN3CCC2CC3)cc1. The van der Waals surface area contributed by atoms with Gasteiger partial charge in [0.1, 0.15) is 6.61 Å². The van der Waals surface area contributed by atoms with E-state index in [1.165, 1.54) is 50.5 Å². The van der Waals surface area contributed by atoms with Gasteiger partial charge in [0.25, 0.3) is 0 Å². The first-order valence-electron chi connectivity index (χ1n) is 12.4. The quantitative estimate of drug-likeness (QED) is 0.301. The molecule has 0 aromatic heterocycles. The second-order valence-corrected chi connectivity index (χ2v) is 8.59. The minimum Gasteiger partial charge on any atom is -0.482 e. The minimum absolute atomic E-state index is 0.0107. The van der Waals surface area contributed by atoms with Crippen molar-refractivity contribution in [3.05, 3.63) is 106 Å². The van der Waals surface area contributed by atoms with Gasteiger partial charge in [-0.05, 0) is 61.4 Å². The summed E-state index contributed by atoms with van der Waals surface area (Å²) in [6.07, 6.45) is 4.18. The van der Waals surface area contributed by atoms with Gasteiger partial charge < -0.3 is 9.64 Å². The summed E-state index contributed by atoms with van der Waals surface area (Å²) in [5.41, 5.74) is 2.49. The summed E-state index contributed by atoms with van der Waals surface area (Å²) >= 11 is 0. The van der Waals surface area contributed by atoms with Gasteiger partial charge in [-0.1, -0.05) is 86.6 Å². The molecule has 3 aliphatic heterocycles. The van der Waals surface area contributed by atoms with Crippen molar-refractivity contribution in [2.75, 3.05) is 19.6 Å². The van der Waals surface area contributed by atoms with Gasteiger partial charge in [0, 0.05) is 12.6 Å². The summed E-state index contributed by atoms with van der Waals surface area (Å²) in [6.45, 7) is 8.39. The van der Waals surface area contributed by atoms with E-state index in [4.69, 9.17) is 4.74 Å². The number of nitro groups is 1. The zero-order chi connectivity index (χ0) is 24.2. The van der Waals surface area contributed by atoms with Crippen LogP contribution >= 0.6 is 0 Å². The van der Waals surface area contributed by atoms with Gasteiger partial charge in [0.15, 0.2) is 5.75 Å². The number of rotatable bonds is 6. The number of fused-ring (bicyclic) bond motifs is 3. The van der Waals surface area contributed by atoms with Crippen molar-refractivity contribution >= 4 is 5.69 Å². The number of benzene rings is 3. The standard InChI is InChI=1S/C14H19N.C13H11NO3.C2H6/c1-2-4-12(5-3-1)10-14-11-15-8-6-13(14)7-9-15;15-14(16)12-8-4-5-9-13(12)17-10-11-6-2-1-3-7-11;1-2/h1-5,13-14H,6-11H2;1-9H,10H2;1-2H3/t14-;;/m0../s1. The molecule has 0 radical (unpaired) electrons. The average Bonchev–Trinajstić information content (AvgIpc) is 2.91. The maximum absolute atomic E-state index is 10.8. The van der Waals surface area contributed by atoms with Crippen LogP contribution in [0.4, 0.5) is 5.69 Å². The minimum atomic E-state index is -0.444. The van der Waals surface area contributed by atoms with Crippen molar-refractivity contribution in [2.45, 2.75) is 39.7 Å². The molecule has 3 fully saturated rings. The first-order chi connectivity index (χ1) is 16.7. The second-order valence-electron chi connectivity index (χ2n) is 8.59. The molecule has 34 heavy (non-hydrogen) atoms. The average molecular weight is 461 g/mol. The van der Waals surface area contributed by atoms with E-state index >= 15 is 0 Å². The largest absolute Gasteiger partial charge is 0.482 e. The summed E-state index contributed by atoms with van der Waals surface area (Å²) in [4.78, 5) is 13.0. The normalized spacial score (nSPS) is 20.2. The molecule has 5 heteroatoms. The second kappa shape index (κ2) is 13.5. The molecular formula is C29H36N2O3. The molecule has 3 aromatic carbocycles. The third kappa shape index (κ3) is 7.42. The van der Waals surface area contributed by atoms with Crippen molar-refractivity contribution in [1.82, 2.24) is 4.90 Å². The molecule has 6 rings (SSSR count). The molecule has 0 N–H and O–H groups in total. The summed E-state index contributed by atoms with van der Waals surface area (Å²) < 4.78 is 5.44. The first-order valence-corrected chi connectivity index (χ1v) is 12.4. The van der Waals surface area contributed by atoms with Crippen LogP contribution in [-0.2, 0) is 13.0 Å². The van der Waals surface area contributed by atoms with Crippen LogP contribution in [0.2, 0.25) is 0 Å². The van der Waals surface area contributed by atoms with Gasteiger partial charge in [0.2, 0.25) is 0 Å². The van der Waals surface area contributed by atoms with Crippen LogP contribution in [0, 0.1) is 22.0 Å². The third-order valence-corrected chi connectivity index (χ3v) is 6.43. The van der Waals surface area contributed by atoms with Crippen molar-refractivity contribution in [3.8, 4) is 5.75 Å². The number of nitrogens with zero attached hydrogens (tertiary/aromatic N) is 2. The zero-order valence-corrected chi connectivity index (χ0v) is 20.3. The maximum atomic E-state index is 10.8. The molecule has 0 amide bonds. The molecule has 3 aromatic rings. The molecule has 0 aliphatic carbocycles. The van der Waals surface area contributed by atoms with Crippen molar-refractivity contribution in [2.24, 2.45) is 11.8 Å². The molecule has 0 spiro atoms. The Hall–Kier alpha value is -3.18. The van der Waals surface area contributed by atoms with Crippen LogP contribution < -0.4 is 4.74 Å². The number of nitro benzene ring substituents is 1. The van der Waals surface area contributed by atoms with E-state index in [0.717, 1.165) is 17.4 Å². The lowest BCUT2D eigenvalue weighted by Crippen LogP contribution is -2.48. The Morgan fingerprint density at radius 3 is 1.97 bits per heavy atom. The predicted octanol–water partition coefficient (Wildman–Crippen LogP) is 6.77. The number of ether oxygens (including phenoxy) is 1. The highest BCUT2D eigenvalue weighted by Crippen LogP contribution is 2.34. The van der Waals surface area contributed by atoms with Crippen LogP contribution in [0.25, 0.3) is 0 Å². The fourth-order valence-electron chi connectivity index (χ4n) is 4.70. The van der Waals surface area contributed by atoms with Gasteiger partial charge in [-0.25, -0.2) is 0 Å². The molecule has 3 heterocycles. The monoisotopic (exact) mass is 460 g/mol. The van der Waals surface area contributed by atoms with E-state index in [1.54, 1.807) is 18.2 Å². The van der Waals surface area contributed by atoms with Crippen LogP contribution in [0.5, 0.6) is 5.75 Å². The lowest BCUT2D eigenvalue weighted by atomic mass is 9.76. The topological polar surface area (TPSA) is 55.6 Å². The van der Waals surface area contributed by atoms with E-state index in [2.05, 4.69) is 35.2 Å². The summed E-state index contributed by atoms with van der Waals surface area (Å²) in [5.74, 6) is 2.23. The zero-order valence-electron chi connectivity index (χ0n) is 20.3. The predicted molar refractivity (Wildman–Crippen MR) is 138 cm³/mol. The number of hydrogen-bond donors (Lipinski definition) is 0. The molecule has 0 saturated carbocycles. The van der Waals surface area contributed by atoms with E-state index in [0.29, 0.717) is 12.4 Å². The molecule has 5 nitrogen and oxygen atoms in total. The molecule has 1 atom stereocenters. The number of para-hydroxylation sites is 2. The number of hydrogen-bond acceptors (Lipinski definition) is 4. The van der Waals surface area contributed by atoms with Gasteiger partial charge in [-0.15, -0.1) is 0 Å². The van der Waals surface area contributed by atoms with Crippen molar-refractivity contribution in [1.29, 1.82) is 0 Å².